The predicted octanol–water partition coefficient (Wildman–Crippen LogP) is 5.91. The van der Waals surface area contributed by atoms with Crippen molar-refractivity contribution in [2.75, 3.05) is 0 Å². The number of aliphatic imine (C=N–C) groups is 2. The van der Waals surface area contributed by atoms with E-state index in [9.17, 15) is 5.26 Å². The summed E-state index contributed by atoms with van der Waals surface area (Å²) in [5, 5.41) is 9.28. The lowest BCUT2D eigenvalue weighted by molar-refractivity contribution is 1.28. The average molecular weight is 395 g/mol. The van der Waals surface area contributed by atoms with Crippen LogP contribution in [0.4, 0.5) is 5.69 Å². The smallest absolute Gasteiger partial charge is 0.161 e. The van der Waals surface area contributed by atoms with Gasteiger partial charge >= 0.3 is 0 Å². The molecule has 30 heavy (non-hydrogen) atoms. The van der Waals surface area contributed by atoms with E-state index in [1.165, 1.54) is 5.56 Å². The van der Waals surface area contributed by atoms with Crippen LogP contribution < -0.4 is 5.73 Å². The van der Waals surface area contributed by atoms with Crippen LogP contribution in [0.15, 0.2) is 64.6 Å². The summed E-state index contributed by atoms with van der Waals surface area (Å²) >= 11 is 0. The van der Waals surface area contributed by atoms with Crippen LogP contribution in [-0.4, -0.2) is 11.7 Å². The van der Waals surface area contributed by atoms with E-state index < -0.39 is 0 Å². The molecule has 0 heterocycles. The molecule has 150 valence electrons. The van der Waals surface area contributed by atoms with Crippen LogP contribution in [-0.2, 0) is 0 Å². The highest BCUT2D eigenvalue weighted by atomic mass is 15.0. The van der Waals surface area contributed by atoms with Crippen molar-refractivity contribution < 1.29 is 0 Å². The average Bonchev–Trinajstić information content (AvgIpc) is 2.70. The van der Waals surface area contributed by atoms with Crippen molar-refractivity contribution in [1.82, 2.24) is 0 Å². The van der Waals surface area contributed by atoms with Crippen LogP contribution in [0.25, 0.3) is 11.1 Å². The van der Waals surface area contributed by atoms with Gasteiger partial charge in [0.2, 0.25) is 0 Å². The summed E-state index contributed by atoms with van der Waals surface area (Å²) in [5.41, 5.74) is 14.9. The van der Waals surface area contributed by atoms with Gasteiger partial charge in [-0.1, -0.05) is 42.0 Å². The number of benzene rings is 3. The zero-order valence-electron chi connectivity index (χ0n) is 18.1. The number of hydrogen-bond donors (Lipinski definition) is 1. The molecule has 0 bridgehead atoms. The molecule has 3 aromatic carbocycles. The fourth-order valence-corrected chi connectivity index (χ4v) is 3.60. The van der Waals surface area contributed by atoms with Gasteiger partial charge in [-0.15, -0.1) is 0 Å². The second-order valence-electron chi connectivity index (χ2n) is 7.66. The Bertz CT molecular complexity index is 1180. The van der Waals surface area contributed by atoms with Crippen LogP contribution in [0, 0.1) is 39.0 Å². The quantitative estimate of drug-likeness (QED) is 0.442. The third kappa shape index (κ3) is 4.64. The van der Waals surface area contributed by atoms with E-state index in [0.29, 0.717) is 17.2 Å². The standard InChI is InChI=1S/C26H26N4/c1-16-11-18(3)25(19(4)12-16)30-26(29-20(5)28)23-8-6-7-22(14-23)24-13-21(15-27)10-9-17(24)2/h6-14H,1-5H3,(H2,28,29,30). The number of nitrogens with zero attached hydrogens (tertiary/aromatic N) is 3. The first kappa shape index (κ1) is 21.0. The number of hydrogen-bond acceptors (Lipinski definition) is 2. The highest BCUT2D eigenvalue weighted by Gasteiger charge is 2.10. The van der Waals surface area contributed by atoms with Crippen LogP contribution in [0.3, 0.4) is 0 Å². The third-order valence-electron chi connectivity index (χ3n) is 4.93. The monoisotopic (exact) mass is 394 g/mol. The van der Waals surface area contributed by atoms with E-state index in [4.69, 9.17) is 10.7 Å². The molecule has 4 nitrogen and oxygen atoms in total. The van der Waals surface area contributed by atoms with E-state index >= 15 is 0 Å². The highest BCUT2D eigenvalue weighted by Crippen LogP contribution is 2.29. The predicted molar refractivity (Wildman–Crippen MR) is 125 cm³/mol. The van der Waals surface area contributed by atoms with Gasteiger partial charge in [-0.05, 0) is 80.6 Å². The van der Waals surface area contributed by atoms with Crippen molar-refractivity contribution in [3.8, 4) is 17.2 Å². The van der Waals surface area contributed by atoms with Gasteiger partial charge in [-0.25, -0.2) is 9.98 Å². The first-order valence-electron chi connectivity index (χ1n) is 9.87. The lowest BCUT2D eigenvalue weighted by atomic mass is 9.96. The molecular weight excluding hydrogens is 368 g/mol. The summed E-state index contributed by atoms with van der Waals surface area (Å²) in [4.78, 5) is 9.43. The SMILES string of the molecule is CC(N)=NC(=Nc1c(C)cc(C)cc1C)c1cccc(-c2cc(C#N)ccc2C)c1. The maximum absolute atomic E-state index is 9.28. The molecule has 0 saturated carbocycles. The van der Waals surface area contributed by atoms with Gasteiger partial charge in [-0.2, -0.15) is 5.26 Å². The van der Waals surface area contributed by atoms with E-state index in [0.717, 1.165) is 39.1 Å². The zero-order valence-corrected chi connectivity index (χ0v) is 18.1. The summed E-state index contributed by atoms with van der Waals surface area (Å²) in [7, 11) is 0. The van der Waals surface area contributed by atoms with Crippen LogP contribution >= 0.6 is 0 Å². The van der Waals surface area contributed by atoms with E-state index in [1.54, 1.807) is 6.92 Å². The van der Waals surface area contributed by atoms with Crippen molar-refractivity contribution >= 4 is 17.4 Å². The summed E-state index contributed by atoms with van der Waals surface area (Å²) in [6.45, 7) is 10.00. The van der Waals surface area contributed by atoms with Gasteiger partial charge in [0, 0.05) is 5.56 Å². The summed E-state index contributed by atoms with van der Waals surface area (Å²) < 4.78 is 0. The summed E-state index contributed by atoms with van der Waals surface area (Å²) in [6.07, 6.45) is 0. The fourth-order valence-electron chi connectivity index (χ4n) is 3.60. The molecule has 0 saturated heterocycles. The first-order chi connectivity index (χ1) is 14.3. The molecule has 0 aliphatic heterocycles. The molecule has 0 spiro atoms. The van der Waals surface area contributed by atoms with Crippen molar-refractivity contribution in [2.45, 2.75) is 34.6 Å². The van der Waals surface area contributed by atoms with Crippen molar-refractivity contribution in [2.24, 2.45) is 15.7 Å². The lowest BCUT2D eigenvalue weighted by Gasteiger charge is -2.11. The minimum Gasteiger partial charge on any atom is -0.387 e. The Kier molecular flexibility index (Phi) is 6.13. The Morgan fingerprint density at radius 1 is 0.900 bits per heavy atom. The third-order valence-corrected chi connectivity index (χ3v) is 4.93. The summed E-state index contributed by atoms with van der Waals surface area (Å²) in [6, 6.07) is 20.2. The Hall–Kier alpha value is -3.71. The number of amidine groups is 2. The largest absolute Gasteiger partial charge is 0.387 e. The fraction of sp³-hybridized carbons (Fsp3) is 0.192. The Morgan fingerprint density at radius 2 is 1.60 bits per heavy atom. The summed E-state index contributed by atoms with van der Waals surface area (Å²) in [5.74, 6) is 1.02. The highest BCUT2D eigenvalue weighted by molar-refractivity contribution is 6.07. The van der Waals surface area contributed by atoms with E-state index in [2.05, 4.69) is 44.0 Å². The van der Waals surface area contributed by atoms with Crippen LogP contribution in [0.5, 0.6) is 0 Å². The number of nitriles is 1. The number of aryl methyl sites for hydroxylation is 4. The van der Waals surface area contributed by atoms with Crippen molar-refractivity contribution in [1.29, 1.82) is 5.26 Å². The molecule has 3 aromatic rings. The van der Waals surface area contributed by atoms with Crippen molar-refractivity contribution in [3.05, 3.63) is 88.0 Å². The minimum absolute atomic E-state index is 0.448. The number of rotatable bonds is 3. The van der Waals surface area contributed by atoms with Gasteiger partial charge in [0.15, 0.2) is 5.84 Å². The molecule has 0 radical (unpaired) electrons. The molecule has 3 rings (SSSR count). The maximum atomic E-state index is 9.28. The van der Waals surface area contributed by atoms with Crippen LogP contribution in [0.2, 0.25) is 0 Å². The Morgan fingerprint density at radius 3 is 2.23 bits per heavy atom. The molecule has 0 unspecified atom stereocenters. The molecule has 2 N–H and O–H groups in total. The topological polar surface area (TPSA) is 74.5 Å². The molecule has 0 atom stereocenters. The molecule has 0 aromatic heterocycles. The van der Waals surface area contributed by atoms with E-state index in [1.807, 2.05) is 49.4 Å². The second kappa shape index (κ2) is 8.75. The molecule has 0 aliphatic rings. The van der Waals surface area contributed by atoms with Gasteiger partial charge in [-0.3, -0.25) is 0 Å². The van der Waals surface area contributed by atoms with E-state index in [-0.39, 0.29) is 0 Å². The van der Waals surface area contributed by atoms with Crippen LogP contribution in [0.1, 0.15) is 40.3 Å². The Balaban J connectivity index is 2.18. The molecule has 4 heteroatoms. The lowest BCUT2D eigenvalue weighted by Crippen LogP contribution is -2.10. The minimum atomic E-state index is 0.448. The van der Waals surface area contributed by atoms with Gasteiger partial charge in [0.05, 0.1) is 23.2 Å². The molecule has 0 amide bonds. The van der Waals surface area contributed by atoms with Gasteiger partial charge in [0.1, 0.15) is 0 Å². The number of nitrogens with two attached hydrogens (primary N) is 1. The molecule has 0 fully saturated rings. The van der Waals surface area contributed by atoms with Gasteiger partial charge < -0.3 is 5.73 Å². The Labute approximate surface area is 178 Å². The first-order valence-corrected chi connectivity index (χ1v) is 9.87. The molecule has 0 aliphatic carbocycles. The van der Waals surface area contributed by atoms with Gasteiger partial charge in [0.25, 0.3) is 0 Å². The molecular formula is C26H26N4. The zero-order chi connectivity index (χ0) is 21.8. The second-order valence-corrected chi connectivity index (χ2v) is 7.66. The maximum Gasteiger partial charge on any atom is 0.161 e. The normalized spacial score (nSPS) is 12.0. The van der Waals surface area contributed by atoms with Crippen molar-refractivity contribution in [3.63, 3.8) is 0 Å².